The van der Waals surface area contributed by atoms with Gasteiger partial charge in [0.05, 0.1) is 17.6 Å². The second-order valence-corrected chi connectivity index (χ2v) is 8.92. The van der Waals surface area contributed by atoms with Crippen molar-refractivity contribution in [3.63, 3.8) is 0 Å². The van der Waals surface area contributed by atoms with Gasteiger partial charge in [-0.1, -0.05) is 62.9 Å². The molecule has 0 spiro atoms. The first-order chi connectivity index (χ1) is 12.3. The highest BCUT2D eigenvalue weighted by atomic mass is 32.2. The Morgan fingerprint density at radius 3 is 2.28 bits per heavy atom. The van der Waals surface area contributed by atoms with Crippen LogP contribution in [-0.4, -0.2) is 24.2 Å². The smallest absolute Gasteiger partial charge is 0.0768 e. The zero-order chi connectivity index (χ0) is 18.0. The summed E-state index contributed by atoms with van der Waals surface area (Å²) in [5, 5.41) is 2.09. The van der Waals surface area contributed by atoms with E-state index in [1.165, 1.54) is 68.4 Å². The van der Waals surface area contributed by atoms with Gasteiger partial charge in [0.1, 0.15) is 0 Å². The van der Waals surface area contributed by atoms with Crippen LogP contribution < -0.4 is 0 Å². The van der Waals surface area contributed by atoms with E-state index in [-0.39, 0.29) is 0 Å². The van der Waals surface area contributed by atoms with Gasteiger partial charge in [-0.3, -0.25) is 0 Å². The molecule has 0 saturated carbocycles. The standard InChI is InChI=1S/C22H36OS2/c1-21(2)23-17-20-24-18-13-11-9-7-5-3-4-6-8-10-12-15-22-16-14-19-25-22/h14,16,19,21H,3-11,13,17-18,20H2,1-2H3. The van der Waals surface area contributed by atoms with Crippen LogP contribution in [-0.2, 0) is 4.74 Å². The van der Waals surface area contributed by atoms with Crippen molar-refractivity contribution in [2.75, 3.05) is 18.1 Å². The van der Waals surface area contributed by atoms with Crippen LogP contribution in [0.15, 0.2) is 17.5 Å². The molecule has 0 saturated heterocycles. The molecule has 0 aliphatic heterocycles. The molecule has 1 nitrogen and oxygen atoms in total. The van der Waals surface area contributed by atoms with Gasteiger partial charge in [0.2, 0.25) is 0 Å². The molecule has 1 heterocycles. The number of unbranched alkanes of at least 4 members (excludes halogenated alkanes) is 9. The van der Waals surface area contributed by atoms with Gasteiger partial charge in [0.15, 0.2) is 0 Å². The lowest BCUT2D eigenvalue weighted by atomic mass is 10.1. The summed E-state index contributed by atoms with van der Waals surface area (Å²) in [4.78, 5) is 1.20. The topological polar surface area (TPSA) is 9.23 Å². The molecule has 1 aromatic rings. The second-order valence-electron chi connectivity index (χ2n) is 6.74. The van der Waals surface area contributed by atoms with Crippen molar-refractivity contribution in [3.05, 3.63) is 22.4 Å². The minimum Gasteiger partial charge on any atom is -0.378 e. The monoisotopic (exact) mass is 380 g/mol. The maximum atomic E-state index is 5.54. The highest BCUT2D eigenvalue weighted by Crippen LogP contribution is 2.12. The summed E-state index contributed by atoms with van der Waals surface area (Å²) in [7, 11) is 0. The van der Waals surface area contributed by atoms with E-state index in [0.29, 0.717) is 6.10 Å². The lowest BCUT2D eigenvalue weighted by Gasteiger charge is -2.06. The molecule has 1 rings (SSSR count). The number of thioether (sulfide) groups is 1. The Balaban J connectivity index is 1.72. The summed E-state index contributed by atoms with van der Waals surface area (Å²) in [6.45, 7) is 5.11. The van der Waals surface area contributed by atoms with Gasteiger partial charge in [-0.25, -0.2) is 0 Å². The second kappa shape index (κ2) is 17.0. The summed E-state index contributed by atoms with van der Waals surface area (Å²) >= 11 is 3.77. The summed E-state index contributed by atoms with van der Waals surface area (Å²) in [5.74, 6) is 8.97. The Morgan fingerprint density at radius 2 is 1.64 bits per heavy atom. The average Bonchev–Trinajstić information content (AvgIpc) is 3.11. The molecule has 0 fully saturated rings. The van der Waals surface area contributed by atoms with E-state index < -0.39 is 0 Å². The summed E-state index contributed by atoms with van der Waals surface area (Å²) in [5.41, 5.74) is 0. The maximum absolute atomic E-state index is 5.54. The van der Waals surface area contributed by atoms with Crippen molar-refractivity contribution in [2.24, 2.45) is 0 Å². The van der Waals surface area contributed by atoms with Crippen LogP contribution in [0, 0.1) is 11.8 Å². The lowest BCUT2D eigenvalue weighted by Crippen LogP contribution is -2.05. The molecule has 0 amide bonds. The quantitative estimate of drug-likeness (QED) is 0.236. The zero-order valence-corrected chi connectivity index (χ0v) is 17.9. The highest BCUT2D eigenvalue weighted by Gasteiger charge is 1.95. The van der Waals surface area contributed by atoms with Gasteiger partial charge >= 0.3 is 0 Å². The van der Waals surface area contributed by atoms with Crippen molar-refractivity contribution in [1.29, 1.82) is 0 Å². The van der Waals surface area contributed by atoms with Crippen LogP contribution >= 0.6 is 23.1 Å². The van der Waals surface area contributed by atoms with E-state index in [1.54, 1.807) is 11.3 Å². The third-order valence-electron chi connectivity index (χ3n) is 4.00. The van der Waals surface area contributed by atoms with Gasteiger partial charge in [-0.15, -0.1) is 11.3 Å². The molecule has 0 radical (unpaired) electrons. The van der Waals surface area contributed by atoms with E-state index in [0.717, 1.165) is 18.8 Å². The van der Waals surface area contributed by atoms with Crippen molar-refractivity contribution in [1.82, 2.24) is 0 Å². The van der Waals surface area contributed by atoms with Crippen LogP contribution in [0.4, 0.5) is 0 Å². The van der Waals surface area contributed by atoms with E-state index in [4.69, 9.17) is 4.74 Å². The minimum absolute atomic E-state index is 0.375. The Morgan fingerprint density at radius 1 is 0.960 bits per heavy atom. The molecule has 0 atom stereocenters. The van der Waals surface area contributed by atoms with Crippen LogP contribution in [0.1, 0.15) is 82.9 Å². The van der Waals surface area contributed by atoms with Crippen LogP contribution in [0.3, 0.4) is 0 Å². The molecule has 0 bridgehead atoms. The predicted octanol–water partition coefficient (Wildman–Crippen LogP) is 7.16. The summed E-state index contributed by atoms with van der Waals surface area (Å²) in [6, 6.07) is 4.16. The Labute approximate surface area is 164 Å². The first-order valence-electron chi connectivity index (χ1n) is 10.0. The Bertz CT molecular complexity index is 442. The molecule has 3 heteroatoms. The zero-order valence-electron chi connectivity index (χ0n) is 16.2. The van der Waals surface area contributed by atoms with Crippen molar-refractivity contribution in [3.8, 4) is 11.8 Å². The minimum atomic E-state index is 0.375. The molecule has 1 aromatic heterocycles. The number of ether oxygens (including phenoxy) is 1. The number of hydrogen-bond acceptors (Lipinski definition) is 3. The SMILES string of the molecule is CC(C)OCCSCCCCCCCCCCCC#Cc1cccs1. The molecular formula is C22H36OS2. The third kappa shape index (κ3) is 15.5. The van der Waals surface area contributed by atoms with Crippen molar-refractivity contribution in [2.45, 2.75) is 84.2 Å². The molecule has 0 aliphatic carbocycles. The van der Waals surface area contributed by atoms with Gasteiger partial charge in [0, 0.05) is 12.2 Å². The van der Waals surface area contributed by atoms with Gasteiger partial charge in [0.25, 0.3) is 0 Å². The largest absolute Gasteiger partial charge is 0.378 e. The van der Waals surface area contributed by atoms with E-state index in [2.05, 4.69) is 43.2 Å². The molecule has 0 unspecified atom stereocenters. The van der Waals surface area contributed by atoms with Crippen LogP contribution in [0.25, 0.3) is 0 Å². The fourth-order valence-corrected chi connectivity index (χ4v) is 4.02. The predicted molar refractivity (Wildman–Crippen MR) is 116 cm³/mol. The molecular weight excluding hydrogens is 344 g/mol. The van der Waals surface area contributed by atoms with E-state index in [9.17, 15) is 0 Å². The molecule has 0 N–H and O–H groups in total. The van der Waals surface area contributed by atoms with Crippen molar-refractivity contribution < 1.29 is 4.74 Å². The van der Waals surface area contributed by atoms with Gasteiger partial charge < -0.3 is 4.74 Å². The van der Waals surface area contributed by atoms with Crippen LogP contribution in [0.2, 0.25) is 0 Å². The Kier molecular flexibility index (Phi) is 15.4. The summed E-state index contributed by atoms with van der Waals surface area (Å²) in [6.07, 6.45) is 13.8. The van der Waals surface area contributed by atoms with E-state index >= 15 is 0 Å². The normalized spacial score (nSPS) is 10.8. The number of hydrogen-bond donors (Lipinski definition) is 0. The first-order valence-corrected chi connectivity index (χ1v) is 12.0. The van der Waals surface area contributed by atoms with Crippen molar-refractivity contribution >= 4 is 23.1 Å². The van der Waals surface area contributed by atoms with Crippen LogP contribution in [0.5, 0.6) is 0 Å². The number of thiophene rings is 1. The highest BCUT2D eigenvalue weighted by molar-refractivity contribution is 7.99. The third-order valence-corrected chi connectivity index (χ3v) is 5.82. The lowest BCUT2D eigenvalue weighted by molar-refractivity contribution is 0.0920. The van der Waals surface area contributed by atoms with Gasteiger partial charge in [-0.2, -0.15) is 11.8 Å². The van der Waals surface area contributed by atoms with E-state index in [1.807, 2.05) is 11.8 Å². The average molecular weight is 381 g/mol. The maximum Gasteiger partial charge on any atom is 0.0768 e. The molecule has 0 aromatic carbocycles. The fraction of sp³-hybridized carbons (Fsp3) is 0.727. The molecule has 142 valence electrons. The molecule has 25 heavy (non-hydrogen) atoms. The molecule has 0 aliphatic rings. The number of rotatable bonds is 15. The Hall–Kier alpha value is -0.430. The first kappa shape index (κ1) is 22.6. The summed E-state index contributed by atoms with van der Waals surface area (Å²) < 4.78 is 5.54. The van der Waals surface area contributed by atoms with Gasteiger partial charge in [-0.05, 0) is 43.9 Å². The fourth-order valence-electron chi connectivity index (χ4n) is 2.60.